The highest BCUT2D eigenvalue weighted by molar-refractivity contribution is 6.22. The number of allylic oxidation sites excluding steroid dienone is 2. The number of carbonyl (C=O) groups excluding carboxylic acids is 2. The van der Waals surface area contributed by atoms with Crippen LogP contribution in [0.5, 0.6) is 0 Å². The van der Waals surface area contributed by atoms with Crippen LogP contribution in [0, 0.1) is 52.5 Å². The van der Waals surface area contributed by atoms with Crippen LogP contribution < -0.4 is 4.90 Å². The number of imide groups is 1. The molecule has 5 aliphatic rings. The van der Waals surface area contributed by atoms with Crippen molar-refractivity contribution in [2.45, 2.75) is 13.3 Å². The van der Waals surface area contributed by atoms with Gasteiger partial charge in [-0.1, -0.05) is 18.2 Å². The van der Waals surface area contributed by atoms with Crippen molar-refractivity contribution in [2.75, 3.05) is 4.90 Å². The molecule has 1 aromatic rings. The number of amides is 2. The molecule has 1 heterocycles. The van der Waals surface area contributed by atoms with Crippen molar-refractivity contribution >= 4 is 23.2 Å². The number of nitrogens with zero attached hydrogens (tertiary/aromatic N) is 2. The summed E-state index contributed by atoms with van der Waals surface area (Å²) < 4.78 is 0. The molecule has 6 heteroatoms. The molecule has 0 N–H and O–H groups in total. The lowest BCUT2D eigenvalue weighted by molar-refractivity contribution is -0.385. The Kier molecular flexibility index (Phi) is 2.50. The number of anilines is 1. The molecule has 4 aliphatic carbocycles. The first kappa shape index (κ1) is 13.9. The van der Waals surface area contributed by atoms with Gasteiger partial charge < -0.3 is 0 Å². The smallest absolute Gasteiger partial charge is 0.274 e. The lowest BCUT2D eigenvalue weighted by Crippen LogP contribution is -2.40. The molecule has 0 unspecified atom stereocenters. The molecule has 2 amide bonds. The minimum Gasteiger partial charge on any atom is -0.274 e. The maximum Gasteiger partial charge on any atom is 0.274 e. The Morgan fingerprint density at radius 2 is 1.67 bits per heavy atom. The van der Waals surface area contributed by atoms with Crippen molar-refractivity contribution in [3.05, 3.63) is 46.0 Å². The van der Waals surface area contributed by atoms with Crippen LogP contribution in [0.3, 0.4) is 0 Å². The van der Waals surface area contributed by atoms with Gasteiger partial charge in [-0.3, -0.25) is 19.7 Å². The highest BCUT2D eigenvalue weighted by Gasteiger charge is 2.67. The van der Waals surface area contributed by atoms with Crippen LogP contribution in [0.25, 0.3) is 0 Å². The molecule has 3 fully saturated rings. The van der Waals surface area contributed by atoms with E-state index < -0.39 is 4.92 Å². The summed E-state index contributed by atoms with van der Waals surface area (Å²) in [6.07, 6.45) is 5.35. The van der Waals surface area contributed by atoms with Gasteiger partial charge in [-0.15, -0.1) is 0 Å². The van der Waals surface area contributed by atoms with E-state index in [4.69, 9.17) is 0 Å². The van der Waals surface area contributed by atoms with Gasteiger partial charge in [-0.2, -0.15) is 0 Å². The summed E-state index contributed by atoms with van der Waals surface area (Å²) in [6.45, 7) is 1.65. The van der Waals surface area contributed by atoms with Crippen molar-refractivity contribution in [1.82, 2.24) is 0 Å². The minimum atomic E-state index is -0.475. The van der Waals surface area contributed by atoms with Crippen LogP contribution in [0.1, 0.15) is 12.0 Å². The average Bonchev–Trinajstić information content (AvgIpc) is 3.33. The zero-order chi connectivity index (χ0) is 16.7. The quantitative estimate of drug-likeness (QED) is 0.362. The second-order valence-corrected chi connectivity index (χ2v) is 7.39. The van der Waals surface area contributed by atoms with E-state index in [1.54, 1.807) is 19.1 Å². The fourth-order valence-electron chi connectivity index (χ4n) is 5.15. The fraction of sp³-hybridized carbons (Fsp3) is 0.444. The van der Waals surface area contributed by atoms with E-state index in [-0.39, 0.29) is 41.2 Å². The molecule has 2 bridgehead atoms. The Balaban J connectivity index is 1.57. The van der Waals surface area contributed by atoms with Crippen molar-refractivity contribution in [2.24, 2.45) is 35.5 Å². The maximum absolute atomic E-state index is 13.0. The van der Waals surface area contributed by atoms with Crippen LogP contribution in [-0.4, -0.2) is 16.7 Å². The second-order valence-electron chi connectivity index (χ2n) is 7.39. The molecule has 6 rings (SSSR count). The molecule has 6 nitrogen and oxygen atoms in total. The van der Waals surface area contributed by atoms with E-state index in [0.717, 1.165) is 6.42 Å². The molecule has 122 valence electrons. The third-order valence-corrected chi connectivity index (χ3v) is 6.31. The van der Waals surface area contributed by atoms with Crippen molar-refractivity contribution in [3.63, 3.8) is 0 Å². The SMILES string of the molecule is Cc1ccc(N2C(=O)[C@@H]3[C@@H]4C=C[C@H]([C@H]5C[C@@H]45)[C@@H]3C2=O)cc1[N+](=O)[O-]. The third-order valence-electron chi connectivity index (χ3n) is 6.31. The zero-order valence-electron chi connectivity index (χ0n) is 13.1. The van der Waals surface area contributed by atoms with Crippen LogP contribution in [0.4, 0.5) is 11.4 Å². The van der Waals surface area contributed by atoms with E-state index in [9.17, 15) is 19.7 Å². The van der Waals surface area contributed by atoms with Gasteiger partial charge in [0.15, 0.2) is 0 Å². The topological polar surface area (TPSA) is 80.5 Å². The molecular weight excluding hydrogens is 308 g/mol. The number of benzene rings is 1. The minimum absolute atomic E-state index is 0.0630. The van der Waals surface area contributed by atoms with Crippen LogP contribution in [0.15, 0.2) is 30.4 Å². The van der Waals surface area contributed by atoms with Crippen LogP contribution in [0.2, 0.25) is 0 Å². The number of rotatable bonds is 2. The Hall–Kier alpha value is -2.50. The van der Waals surface area contributed by atoms with E-state index in [0.29, 0.717) is 23.1 Å². The molecule has 1 aromatic carbocycles. The third kappa shape index (κ3) is 1.56. The molecule has 1 saturated heterocycles. The lowest BCUT2D eigenvalue weighted by Gasteiger charge is -2.37. The summed E-state index contributed by atoms with van der Waals surface area (Å²) in [7, 11) is 0. The summed E-state index contributed by atoms with van der Waals surface area (Å²) in [6, 6.07) is 4.57. The molecule has 0 aromatic heterocycles. The predicted octanol–water partition coefficient (Wildman–Crippen LogP) is 2.46. The summed E-state index contributed by atoms with van der Waals surface area (Å²) in [5.74, 6) is 0.475. The average molecular weight is 324 g/mol. The van der Waals surface area contributed by atoms with Gasteiger partial charge in [0, 0.05) is 11.6 Å². The molecule has 1 aliphatic heterocycles. The summed E-state index contributed by atoms with van der Waals surface area (Å²) in [4.78, 5) is 37.8. The van der Waals surface area contributed by atoms with Crippen molar-refractivity contribution in [3.8, 4) is 0 Å². The standard InChI is InChI=1S/C18H16N2O4/c1-8-2-3-9(6-14(8)20(23)24)19-17(21)15-10-4-5-11(13-7-12(10)13)16(15)18(19)22/h2-6,10-13,15-16H,7H2,1H3/t10-,11-,12-,13+,15+,16-/m1/s1. The predicted molar refractivity (Wildman–Crippen MR) is 85.0 cm³/mol. The Morgan fingerprint density at radius 3 is 2.21 bits per heavy atom. The monoisotopic (exact) mass is 324 g/mol. The normalized spacial score (nSPS) is 38.3. The molecule has 2 saturated carbocycles. The summed E-state index contributed by atoms with van der Waals surface area (Å²) in [5.41, 5.74) is 0.778. The van der Waals surface area contributed by atoms with E-state index in [1.807, 2.05) is 0 Å². The number of aryl methyl sites for hydroxylation is 1. The fourth-order valence-corrected chi connectivity index (χ4v) is 5.15. The van der Waals surface area contributed by atoms with Crippen molar-refractivity contribution < 1.29 is 14.5 Å². The van der Waals surface area contributed by atoms with Crippen LogP contribution >= 0.6 is 0 Å². The molecule has 0 radical (unpaired) electrons. The summed E-state index contributed by atoms with van der Waals surface area (Å²) in [5, 5.41) is 11.2. The Labute approximate surface area is 138 Å². The van der Waals surface area contributed by atoms with Gasteiger partial charge >= 0.3 is 0 Å². The van der Waals surface area contributed by atoms with Gasteiger partial charge in [0.1, 0.15) is 0 Å². The van der Waals surface area contributed by atoms with E-state index >= 15 is 0 Å². The van der Waals surface area contributed by atoms with Gasteiger partial charge in [0.2, 0.25) is 11.8 Å². The van der Waals surface area contributed by atoms with E-state index in [1.165, 1.54) is 11.0 Å². The largest absolute Gasteiger partial charge is 0.274 e. The van der Waals surface area contributed by atoms with Gasteiger partial charge in [0.05, 0.1) is 22.4 Å². The zero-order valence-corrected chi connectivity index (χ0v) is 13.1. The van der Waals surface area contributed by atoms with Gasteiger partial charge in [-0.25, -0.2) is 4.90 Å². The van der Waals surface area contributed by atoms with E-state index in [2.05, 4.69) is 12.2 Å². The first-order valence-corrected chi connectivity index (χ1v) is 8.30. The number of nitro groups is 1. The summed E-state index contributed by atoms with van der Waals surface area (Å²) >= 11 is 0. The van der Waals surface area contributed by atoms with Gasteiger partial charge in [0.25, 0.3) is 5.69 Å². The highest BCUT2D eigenvalue weighted by atomic mass is 16.6. The lowest BCUT2D eigenvalue weighted by atomic mass is 9.63. The van der Waals surface area contributed by atoms with Crippen LogP contribution in [-0.2, 0) is 9.59 Å². The first-order valence-electron chi connectivity index (χ1n) is 8.30. The number of nitro benzene ring substituents is 1. The Morgan fingerprint density at radius 1 is 1.08 bits per heavy atom. The highest BCUT2D eigenvalue weighted by Crippen LogP contribution is 2.65. The molecule has 6 atom stereocenters. The van der Waals surface area contributed by atoms with Gasteiger partial charge in [-0.05, 0) is 43.1 Å². The molecule has 0 spiro atoms. The van der Waals surface area contributed by atoms with Crippen molar-refractivity contribution in [1.29, 1.82) is 0 Å². The number of hydrogen-bond donors (Lipinski definition) is 0. The maximum atomic E-state index is 13.0. The number of carbonyl (C=O) groups is 2. The second kappa shape index (κ2) is 4.32. The first-order chi connectivity index (χ1) is 11.5. The molecular formula is C18H16N2O4. The molecule has 24 heavy (non-hydrogen) atoms. The Bertz CT molecular complexity index is 809. The number of hydrogen-bond acceptors (Lipinski definition) is 4.